The summed E-state index contributed by atoms with van der Waals surface area (Å²) in [4.78, 5) is 28.3. The average Bonchev–Trinajstić information content (AvgIpc) is 3.21. The number of carbonyl (C=O) groups excluding carboxylic acids is 2. The fourth-order valence-corrected chi connectivity index (χ4v) is 3.74. The molecule has 0 aliphatic carbocycles. The molecular formula is C25H23ClFN5O3. The molecule has 0 radical (unpaired) electrons. The Labute approximate surface area is 205 Å². The molecule has 4 aromatic rings. The fraction of sp³-hybridized carbons (Fsp3) is 0.200. The quantitative estimate of drug-likeness (QED) is 0.354. The number of aliphatic hydroxyl groups is 1. The maximum absolute atomic E-state index is 14.7. The maximum atomic E-state index is 14.7. The Kier molecular flexibility index (Phi) is 7.09. The largest absolute Gasteiger partial charge is 0.388 e. The Morgan fingerprint density at radius 3 is 2.63 bits per heavy atom. The van der Waals surface area contributed by atoms with Gasteiger partial charge >= 0.3 is 0 Å². The van der Waals surface area contributed by atoms with Crippen molar-refractivity contribution in [1.29, 1.82) is 0 Å². The lowest BCUT2D eigenvalue weighted by Gasteiger charge is -2.13. The van der Waals surface area contributed by atoms with Crippen molar-refractivity contribution in [3.05, 3.63) is 82.3 Å². The maximum Gasteiger partial charge on any atom is 0.251 e. The first-order chi connectivity index (χ1) is 16.7. The average molecular weight is 496 g/mol. The lowest BCUT2D eigenvalue weighted by Crippen LogP contribution is -2.26. The van der Waals surface area contributed by atoms with E-state index >= 15 is 0 Å². The summed E-state index contributed by atoms with van der Waals surface area (Å²) in [5, 5.41) is 20.7. The third kappa shape index (κ3) is 5.64. The molecule has 0 saturated carbocycles. The minimum absolute atomic E-state index is 0.135. The molecule has 0 aliphatic heterocycles. The second-order valence-corrected chi connectivity index (χ2v) is 8.51. The summed E-state index contributed by atoms with van der Waals surface area (Å²) in [6.45, 7) is 3.18. The SMILES string of the molecule is CC(=O)Nc1cn2nc(-c3cc(C(=O)NCC[C@@H](O)c4ccc(Cl)cc4)cc(F)c3C)ccc2n1. The summed E-state index contributed by atoms with van der Waals surface area (Å²) in [5.41, 5.74) is 2.56. The van der Waals surface area contributed by atoms with Crippen molar-refractivity contribution >= 4 is 34.9 Å². The zero-order valence-corrected chi connectivity index (χ0v) is 19.8. The second kappa shape index (κ2) is 10.2. The number of nitrogens with zero attached hydrogens (tertiary/aromatic N) is 3. The first kappa shape index (κ1) is 24.3. The third-order valence-electron chi connectivity index (χ3n) is 5.46. The first-order valence-electron chi connectivity index (χ1n) is 10.9. The first-order valence-corrected chi connectivity index (χ1v) is 11.3. The van der Waals surface area contributed by atoms with Crippen molar-refractivity contribution in [1.82, 2.24) is 19.9 Å². The summed E-state index contributed by atoms with van der Waals surface area (Å²) in [6, 6.07) is 12.9. The number of hydrogen-bond acceptors (Lipinski definition) is 5. The van der Waals surface area contributed by atoms with E-state index in [1.807, 2.05) is 0 Å². The van der Waals surface area contributed by atoms with Crippen LogP contribution in [0.3, 0.4) is 0 Å². The minimum atomic E-state index is -0.772. The zero-order valence-electron chi connectivity index (χ0n) is 19.0. The monoisotopic (exact) mass is 495 g/mol. The van der Waals surface area contributed by atoms with E-state index in [9.17, 15) is 19.1 Å². The molecule has 4 rings (SSSR count). The van der Waals surface area contributed by atoms with Crippen molar-refractivity contribution < 1.29 is 19.1 Å². The molecule has 0 unspecified atom stereocenters. The Balaban J connectivity index is 1.50. The van der Waals surface area contributed by atoms with Gasteiger partial charge in [-0.05, 0) is 60.9 Å². The van der Waals surface area contributed by atoms with Gasteiger partial charge in [0.25, 0.3) is 5.91 Å². The van der Waals surface area contributed by atoms with E-state index in [1.54, 1.807) is 55.6 Å². The molecule has 8 nitrogen and oxygen atoms in total. The number of aromatic nitrogens is 3. The Hall–Kier alpha value is -3.82. The molecule has 2 heterocycles. The molecule has 0 fully saturated rings. The van der Waals surface area contributed by atoms with E-state index in [2.05, 4.69) is 20.7 Å². The topological polar surface area (TPSA) is 109 Å². The van der Waals surface area contributed by atoms with Crippen LogP contribution in [0, 0.1) is 12.7 Å². The number of fused-ring (bicyclic) bond motifs is 1. The van der Waals surface area contributed by atoms with Gasteiger partial charge in [-0.1, -0.05) is 23.7 Å². The molecule has 2 amide bonds. The number of nitrogens with one attached hydrogen (secondary N) is 2. The lowest BCUT2D eigenvalue weighted by molar-refractivity contribution is -0.114. The standard InChI is InChI=1S/C25H23ClFN5O3/c1-14-19(21-7-8-24-30-23(29-15(2)33)13-32(24)31-21)11-17(12-20(14)27)25(35)28-10-9-22(34)16-3-5-18(26)6-4-16/h3-8,11-13,22,34H,9-10H2,1-2H3,(H,28,35)(H,29,33)/t22-/m1/s1. The summed E-state index contributed by atoms with van der Waals surface area (Å²) in [6.07, 6.45) is 1.06. The van der Waals surface area contributed by atoms with Crippen LogP contribution in [-0.2, 0) is 4.79 Å². The van der Waals surface area contributed by atoms with Crippen LogP contribution in [0.15, 0.2) is 54.7 Å². The molecule has 10 heteroatoms. The molecular weight excluding hydrogens is 473 g/mol. The molecule has 3 N–H and O–H groups in total. The van der Waals surface area contributed by atoms with E-state index in [0.29, 0.717) is 38.9 Å². The molecule has 0 aliphatic rings. The van der Waals surface area contributed by atoms with Gasteiger partial charge in [-0.25, -0.2) is 13.9 Å². The van der Waals surface area contributed by atoms with E-state index in [0.717, 1.165) is 0 Å². The number of benzene rings is 2. The number of anilines is 1. The number of aliphatic hydroxyl groups excluding tert-OH is 1. The summed E-state index contributed by atoms with van der Waals surface area (Å²) < 4.78 is 16.2. The van der Waals surface area contributed by atoms with E-state index in [4.69, 9.17) is 11.6 Å². The van der Waals surface area contributed by atoms with Crippen LogP contribution in [0.25, 0.3) is 16.9 Å². The predicted octanol–water partition coefficient (Wildman–Crippen LogP) is 4.31. The summed E-state index contributed by atoms with van der Waals surface area (Å²) in [5.74, 6) is -0.921. The molecule has 2 aromatic heterocycles. The minimum Gasteiger partial charge on any atom is -0.388 e. The number of hydrogen-bond donors (Lipinski definition) is 3. The third-order valence-corrected chi connectivity index (χ3v) is 5.72. The van der Waals surface area contributed by atoms with E-state index in [1.165, 1.54) is 17.5 Å². The Bertz CT molecular complexity index is 1400. The lowest BCUT2D eigenvalue weighted by atomic mass is 10.0. The molecule has 2 aromatic carbocycles. The molecule has 0 spiro atoms. The molecule has 0 saturated heterocycles. The second-order valence-electron chi connectivity index (χ2n) is 8.07. The molecule has 180 valence electrons. The van der Waals surface area contributed by atoms with Crippen LogP contribution in [0.5, 0.6) is 0 Å². The van der Waals surface area contributed by atoms with Gasteiger partial charge in [0.15, 0.2) is 11.5 Å². The van der Waals surface area contributed by atoms with Gasteiger partial charge in [0.2, 0.25) is 5.91 Å². The number of imidazole rings is 1. The van der Waals surface area contributed by atoms with Crippen LogP contribution in [0.1, 0.15) is 40.9 Å². The van der Waals surface area contributed by atoms with Crippen LogP contribution < -0.4 is 10.6 Å². The fourth-order valence-electron chi connectivity index (χ4n) is 3.62. The van der Waals surface area contributed by atoms with Crippen molar-refractivity contribution in [2.75, 3.05) is 11.9 Å². The van der Waals surface area contributed by atoms with Crippen LogP contribution in [0.2, 0.25) is 5.02 Å². The number of carbonyl (C=O) groups is 2. The van der Waals surface area contributed by atoms with Crippen molar-refractivity contribution in [2.24, 2.45) is 0 Å². The highest BCUT2D eigenvalue weighted by atomic mass is 35.5. The van der Waals surface area contributed by atoms with Gasteiger partial charge < -0.3 is 15.7 Å². The Morgan fingerprint density at radius 1 is 1.17 bits per heavy atom. The van der Waals surface area contributed by atoms with Gasteiger partial charge in [0.05, 0.1) is 18.0 Å². The van der Waals surface area contributed by atoms with Crippen LogP contribution in [0.4, 0.5) is 10.2 Å². The number of amides is 2. The van der Waals surface area contributed by atoms with Gasteiger partial charge in [-0.15, -0.1) is 0 Å². The molecule has 1 atom stereocenters. The van der Waals surface area contributed by atoms with Gasteiger partial charge in [0, 0.05) is 29.6 Å². The summed E-state index contributed by atoms with van der Waals surface area (Å²) in [7, 11) is 0. The van der Waals surface area contributed by atoms with E-state index < -0.39 is 17.8 Å². The Morgan fingerprint density at radius 2 is 1.91 bits per heavy atom. The smallest absolute Gasteiger partial charge is 0.251 e. The molecule has 35 heavy (non-hydrogen) atoms. The van der Waals surface area contributed by atoms with Crippen LogP contribution in [-0.4, -0.2) is 38.1 Å². The number of halogens is 2. The zero-order chi connectivity index (χ0) is 25.1. The van der Waals surface area contributed by atoms with Gasteiger partial charge in [0.1, 0.15) is 5.82 Å². The van der Waals surface area contributed by atoms with Gasteiger partial charge in [-0.2, -0.15) is 5.10 Å². The summed E-state index contributed by atoms with van der Waals surface area (Å²) >= 11 is 5.87. The highest BCUT2D eigenvalue weighted by Gasteiger charge is 2.16. The predicted molar refractivity (Wildman–Crippen MR) is 131 cm³/mol. The highest BCUT2D eigenvalue weighted by Crippen LogP contribution is 2.26. The highest BCUT2D eigenvalue weighted by molar-refractivity contribution is 6.30. The van der Waals surface area contributed by atoms with Crippen molar-refractivity contribution in [3.63, 3.8) is 0 Å². The number of rotatable bonds is 7. The van der Waals surface area contributed by atoms with Crippen molar-refractivity contribution in [2.45, 2.75) is 26.4 Å². The van der Waals surface area contributed by atoms with Crippen LogP contribution >= 0.6 is 11.6 Å². The molecule has 0 bridgehead atoms. The van der Waals surface area contributed by atoms with E-state index in [-0.39, 0.29) is 24.4 Å². The normalized spacial score (nSPS) is 11.9. The van der Waals surface area contributed by atoms with Gasteiger partial charge in [-0.3, -0.25) is 9.59 Å². The van der Waals surface area contributed by atoms with Crippen molar-refractivity contribution in [3.8, 4) is 11.3 Å².